The molecule has 0 spiro atoms. The van der Waals surface area contributed by atoms with Crippen LogP contribution in [0.1, 0.15) is 12.8 Å². The van der Waals surface area contributed by atoms with E-state index in [1.54, 1.807) is 0 Å². The second kappa shape index (κ2) is 6.77. The number of hydrogen-bond acceptors (Lipinski definition) is 1. The molecule has 0 saturated carbocycles. The summed E-state index contributed by atoms with van der Waals surface area (Å²) in [6.45, 7) is 0. The molecule has 0 unspecified atom stereocenters. The minimum Gasteiger partial charge on any atom is -0.330 e. The Hall–Kier alpha value is 0.0800. The molecule has 0 saturated heterocycles. The largest absolute Gasteiger partial charge is 0.330 e. The molecule has 1 amide bonds. The molecule has 0 aromatic carbocycles. The Morgan fingerprint density at radius 1 is 1.45 bits per heavy atom. The number of hydrogen-bond donors (Lipinski definition) is 1. The van der Waals surface area contributed by atoms with Gasteiger partial charge < -0.3 is 5.32 Å². The van der Waals surface area contributed by atoms with E-state index < -0.39 is 0 Å². The molecule has 0 aliphatic carbocycles. The molecule has 0 rings (SSSR count). The fraction of sp³-hybridized carbons (Fsp3) is 0.500. The van der Waals surface area contributed by atoms with Gasteiger partial charge in [-0.25, -0.2) is 0 Å². The maximum atomic E-state index is 10.8. The molecule has 64 valence electrons. The molecule has 0 heterocycles. The van der Waals surface area contributed by atoms with Crippen molar-refractivity contribution in [1.29, 1.82) is 0 Å². The summed E-state index contributed by atoms with van der Waals surface area (Å²) in [6.07, 6.45) is 2.28. The zero-order chi connectivity index (χ0) is 8.69. The average molecular weight is 216 g/mol. The second-order valence-electron chi connectivity index (χ2n) is 1.79. The molecule has 0 bridgehead atoms. The summed E-state index contributed by atoms with van der Waals surface area (Å²) in [7, 11) is 0. The van der Waals surface area contributed by atoms with Crippen molar-refractivity contribution in [1.82, 2.24) is 5.32 Å². The van der Waals surface area contributed by atoms with E-state index >= 15 is 0 Å². The lowest BCUT2D eigenvalue weighted by Gasteiger charge is -1.96. The van der Waals surface area contributed by atoms with Gasteiger partial charge in [-0.2, -0.15) is 0 Å². The Bertz CT molecular complexity index is 154. The Morgan fingerprint density at radius 3 is 2.55 bits per heavy atom. The highest BCUT2D eigenvalue weighted by Gasteiger charge is 1.96. The number of carbonyl (C=O) groups excluding carboxylic acids is 1. The smallest absolute Gasteiger partial charge is 0.224 e. The molecule has 0 atom stereocenters. The Morgan fingerprint density at radius 2 is 2.09 bits per heavy atom. The highest BCUT2D eigenvalue weighted by molar-refractivity contribution is 6.55. The van der Waals surface area contributed by atoms with Crippen LogP contribution in [-0.2, 0) is 4.79 Å². The number of alkyl halides is 1. The Labute approximate surface area is 80.5 Å². The Balaban J connectivity index is 3.45. The van der Waals surface area contributed by atoms with Crippen molar-refractivity contribution >= 4 is 40.7 Å². The monoisotopic (exact) mass is 215 g/mol. The van der Waals surface area contributed by atoms with Crippen LogP contribution in [0, 0.1) is 0 Å². The van der Waals surface area contributed by atoms with Gasteiger partial charge in [0.15, 0.2) is 0 Å². The Kier molecular flexibility index (Phi) is 6.82. The molecule has 2 nitrogen and oxygen atoms in total. The van der Waals surface area contributed by atoms with Crippen molar-refractivity contribution in [2.45, 2.75) is 12.8 Å². The van der Waals surface area contributed by atoms with Crippen LogP contribution >= 0.6 is 34.8 Å². The van der Waals surface area contributed by atoms with Crippen molar-refractivity contribution < 1.29 is 4.79 Å². The van der Waals surface area contributed by atoms with Crippen LogP contribution in [0.3, 0.4) is 0 Å². The van der Waals surface area contributed by atoms with E-state index in [2.05, 4.69) is 5.32 Å². The highest BCUT2D eigenvalue weighted by Crippen LogP contribution is 2.03. The summed E-state index contributed by atoms with van der Waals surface area (Å²) >= 11 is 15.8. The van der Waals surface area contributed by atoms with Crippen molar-refractivity contribution in [3.8, 4) is 0 Å². The standard InChI is InChI=1S/C6H8Cl3NO/c7-3-1-2-6(11)10-4-5(8)9/h4H,1-3H2,(H,10,11). The molecule has 0 aliphatic rings. The van der Waals surface area contributed by atoms with E-state index in [-0.39, 0.29) is 10.4 Å². The normalized spacial score (nSPS) is 9.00. The number of carbonyl (C=O) groups is 1. The summed E-state index contributed by atoms with van der Waals surface area (Å²) in [5, 5.41) is 2.39. The zero-order valence-electron chi connectivity index (χ0n) is 5.74. The van der Waals surface area contributed by atoms with Crippen molar-refractivity contribution in [3.05, 3.63) is 10.7 Å². The van der Waals surface area contributed by atoms with Crippen LogP contribution in [-0.4, -0.2) is 11.8 Å². The van der Waals surface area contributed by atoms with Gasteiger partial charge in [0.1, 0.15) is 4.49 Å². The average Bonchev–Trinajstić information content (AvgIpc) is 1.97. The third-order valence-electron chi connectivity index (χ3n) is 0.880. The van der Waals surface area contributed by atoms with E-state index in [0.717, 1.165) is 0 Å². The SMILES string of the molecule is O=C(CCCCl)NC=C(Cl)Cl. The maximum Gasteiger partial charge on any atom is 0.224 e. The maximum absolute atomic E-state index is 10.8. The molecule has 0 aromatic heterocycles. The fourth-order valence-electron chi connectivity index (χ4n) is 0.435. The van der Waals surface area contributed by atoms with Gasteiger partial charge in [0.05, 0.1) is 0 Å². The van der Waals surface area contributed by atoms with Gasteiger partial charge >= 0.3 is 0 Å². The predicted octanol–water partition coefficient (Wildman–Crippen LogP) is 2.40. The quantitative estimate of drug-likeness (QED) is 0.719. The minimum atomic E-state index is -0.135. The number of rotatable bonds is 4. The lowest BCUT2D eigenvalue weighted by atomic mass is 10.3. The van der Waals surface area contributed by atoms with Gasteiger partial charge in [0.2, 0.25) is 5.91 Å². The number of amides is 1. The van der Waals surface area contributed by atoms with E-state index in [9.17, 15) is 4.79 Å². The molecular formula is C6H8Cl3NO. The van der Waals surface area contributed by atoms with Crippen LogP contribution in [0.4, 0.5) is 0 Å². The highest BCUT2D eigenvalue weighted by atomic mass is 35.5. The second-order valence-corrected chi connectivity index (χ2v) is 3.18. The number of nitrogens with one attached hydrogen (secondary N) is 1. The van der Waals surface area contributed by atoms with Crippen molar-refractivity contribution in [2.24, 2.45) is 0 Å². The molecule has 0 fully saturated rings. The van der Waals surface area contributed by atoms with Crippen LogP contribution in [0.15, 0.2) is 10.7 Å². The first-order valence-corrected chi connectivity index (χ1v) is 4.32. The van der Waals surface area contributed by atoms with Gasteiger partial charge in [0, 0.05) is 18.5 Å². The molecular weight excluding hydrogens is 208 g/mol. The lowest BCUT2D eigenvalue weighted by Crippen LogP contribution is -2.16. The van der Waals surface area contributed by atoms with Crippen LogP contribution < -0.4 is 5.32 Å². The van der Waals surface area contributed by atoms with Gasteiger partial charge in [-0.15, -0.1) is 11.6 Å². The summed E-state index contributed by atoms with van der Waals surface area (Å²) < 4.78 is 0.0317. The third kappa shape index (κ3) is 7.98. The fourth-order valence-corrected chi connectivity index (χ4v) is 0.677. The lowest BCUT2D eigenvalue weighted by molar-refractivity contribution is -0.120. The van der Waals surface area contributed by atoms with Crippen LogP contribution in [0.25, 0.3) is 0 Å². The first-order chi connectivity index (χ1) is 5.16. The predicted molar refractivity (Wildman–Crippen MR) is 47.9 cm³/mol. The summed E-state index contributed by atoms with van der Waals surface area (Å²) in [5.41, 5.74) is 0. The van der Waals surface area contributed by atoms with Crippen molar-refractivity contribution in [3.63, 3.8) is 0 Å². The minimum absolute atomic E-state index is 0.0317. The summed E-state index contributed by atoms with van der Waals surface area (Å²) in [4.78, 5) is 10.8. The topological polar surface area (TPSA) is 29.1 Å². The van der Waals surface area contributed by atoms with Crippen LogP contribution in [0.5, 0.6) is 0 Å². The van der Waals surface area contributed by atoms with Gasteiger partial charge in [-0.3, -0.25) is 4.79 Å². The van der Waals surface area contributed by atoms with Crippen molar-refractivity contribution in [2.75, 3.05) is 5.88 Å². The first-order valence-electron chi connectivity index (χ1n) is 3.03. The summed E-state index contributed by atoms with van der Waals surface area (Å²) in [6, 6.07) is 0. The van der Waals surface area contributed by atoms with E-state index in [0.29, 0.717) is 18.7 Å². The van der Waals surface area contributed by atoms with Gasteiger partial charge in [-0.1, -0.05) is 23.2 Å². The number of halogens is 3. The first kappa shape index (κ1) is 11.1. The molecule has 1 N–H and O–H groups in total. The molecule has 0 aliphatic heterocycles. The molecule has 11 heavy (non-hydrogen) atoms. The zero-order valence-corrected chi connectivity index (χ0v) is 8.01. The summed E-state index contributed by atoms with van der Waals surface area (Å²) in [5.74, 6) is 0.343. The molecule has 0 radical (unpaired) electrons. The van der Waals surface area contributed by atoms with E-state index in [4.69, 9.17) is 34.8 Å². The molecule has 0 aromatic rings. The van der Waals surface area contributed by atoms with E-state index in [1.165, 1.54) is 6.20 Å². The van der Waals surface area contributed by atoms with E-state index in [1.807, 2.05) is 0 Å². The third-order valence-corrected chi connectivity index (χ3v) is 1.37. The van der Waals surface area contributed by atoms with Crippen LogP contribution in [0.2, 0.25) is 0 Å². The molecule has 5 heteroatoms. The van der Waals surface area contributed by atoms with Gasteiger partial charge in [-0.05, 0) is 6.42 Å². The van der Waals surface area contributed by atoms with Gasteiger partial charge in [0.25, 0.3) is 0 Å².